The first-order valence-corrected chi connectivity index (χ1v) is 6.73. The van der Waals surface area contributed by atoms with Crippen molar-refractivity contribution in [2.45, 2.75) is 33.2 Å². The van der Waals surface area contributed by atoms with Gasteiger partial charge in [-0.1, -0.05) is 0 Å². The van der Waals surface area contributed by atoms with Crippen molar-refractivity contribution in [1.82, 2.24) is 0 Å². The van der Waals surface area contributed by atoms with Gasteiger partial charge in [0.15, 0.2) is 0 Å². The van der Waals surface area contributed by atoms with Crippen molar-refractivity contribution < 1.29 is 19.4 Å². The highest BCUT2D eigenvalue weighted by Gasteiger charge is 2.45. The van der Waals surface area contributed by atoms with Gasteiger partial charge < -0.3 is 10.1 Å². The van der Waals surface area contributed by atoms with Crippen molar-refractivity contribution in [2.24, 2.45) is 5.41 Å². The minimum absolute atomic E-state index is 0.0857. The van der Waals surface area contributed by atoms with Gasteiger partial charge in [-0.05, 0) is 33.8 Å². The zero-order valence-electron chi connectivity index (χ0n) is 13.6. The van der Waals surface area contributed by atoms with Crippen LogP contribution in [0.4, 0.5) is 17.1 Å². The molecule has 23 heavy (non-hydrogen) atoms. The Bertz CT molecular complexity index is 654. The third-order valence-corrected chi connectivity index (χ3v) is 4.09. The van der Waals surface area contributed by atoms with Crippen molar-refractivity contribution in [3.8, 4) is 0 Å². The number of hydrogen-bond acceptors (Lipinski definition) is 7. The van der Waals surface area contributed by atoms with Crippen LogP contribution in [0.25, 0.3) is 0 Å². The normalized spacial score (nSPS) is 11.7. The van der Waals surface area contributed by atoms with Crippen LogP contribution in [0.1, 0.15) is 27.7 Å². The van der Waals surface area contributed by atoms with Gasteiger partial charge in [-0.3, -0.25) is 25.0 Å². The quantitative estimate of drug-likeness (QED) is 0.484. The summed E-state index contributed by atoms with van der Waals surface area (Å²) in [6.45, 7) is 6.66. The summed E-state index contributed by atoms with van der Waals surface area (Å²) >= 11 is 0. The third-order valence-electron chi connectivity index (χ3n) is 4.09. The maximum Gasteiger partial charge on any atom is 0.313 e. The number of nitrogens with zero attached hydrogens (tertiary/aromatic N) is 2. The molecule has 0 bridgehead atoms. The van der Waals surface area contributed by atoms with Crippen LogP contribution in [-0.4, -0.2) is 28.5 Å². The van der Waals surface area contributed by atoms with Crippen LogP contribution in [0.15, 0.2) is 18.2 Å². The summed E-state index contributed by atoms with van der Waals surface area (Å²) in [6.07, 6.45) is 0. The van der Waals surface area contributed by atoms with Gasteiger partial charge in [-0.15, -0.1) is 0 Å². The van der Waals surface area contributed by atoms with Gasteiger partial charge in [-0.25, -0.2) is 0 Å². The fourth-order valence-corrected chi connectivity index (χ4v) is 1.89. The molecule has 9 nitrogen and oxygen atoms in total. The second-order valence-corrected chi connectivity index (χ2v) is 6.08. The zero-order valence-corrected chi connectivity index (χ0v) is 13.6. The lowest BCUT2D eigenvalue weighted by atomic mass is 9.74. The topological polar surface area (TPSA) is 125 Å². The van der Waals surface area contributed by atoms with Crippen LogP contribution in [-0.2, 0) is 9.53 Å². The van der Waals surface area contributed by atoms with Gasteiger partial charge in [0.25, 0.3) is 11.4 Å². The van der Waals surface area contributed by atoms with E-state index in [4.69, 9.17) is 4.74 Å². The van der Waals surface area contributed by atoms with Gasteiger partial charge in [0.1, 0.15) is 5.69 Å². The van der Waals surface area contributed by atoms with Gasteiger partial charge in [0.05, 0.1) is 28.4 Å². The van der Waals surface area contributed by atoms with E-state index in [0.29, 0.717) is 0 Å². The number of nitro groups is 2. The molecule has 0 radical (unpaired) electrons. The Labute approximate surface area is 132 Å². The van der Waals surface area contributed by atoms with Crippen molar-refractivity contribution in [1.29, 1.82) is 0 Å². The predicted octanol–water partition coefficient (Wildman–Crippen LogP) is 2.89. The Morgan fingerprint density at radius 1 is 1.13 bits per heavy atom. The molecule has 0 aliphatic rings. The molecule has 0 aliphatic carbocycles. The van der Waals surface area contributed by atoms with Crippen LogP contribution < -0.4 is 5.32 Å². The second-order valence-electron chi connectivity index (χ2n) is 6.08. The predicted molar refractivity (Wildman–Crippen MR) is 83.2 cm³/mol. The summed E-state index contributed by atoms with van der Waals surface area (Å²) in [5, 5.41) is 24.9. The smallest absolute Gasteiger partial charge is 0.313 e. The van der Waals surface area contributed by atoms with E-state index >= 15 is 0 Å². The van der Waals surface area contributed by atoms with Gasteiger partial charge >= 0.3 is 5.97 Å². The molecule has 0 saturated heterocycles. The lowest BCUT2D eigenvalue weighted by Gasteiger charge is -2.40. The number of ether oxygens (including phenoxy) is 1. The number of non-ortho nitro benzene ring substituents is 1. The van der Waals surface area contributed by atoms with Gasteiger partial charge in [-0.2, -0.15) is 0 Å². The molecule has 0 fully saturated rings. The fraction of sp³-hybridized carbons (Fsp3) is 0.500. The van der Waals surface area contributed by atoms with E-state index in [9.17, 15) is 25.0 Å². The largest absolute Gasteiger partial charge is 0.469 e. The van der Waals surface area contributed by atoms with E-state index in [0.717, 1.165) is 12.1 Å². The number of benzene rings is 1. The molecule has 9 heteroatoms. The monoisotopic (exact) mass is 325 g/mol. The van der Waals surface area contributed by atoms with Crippen molar-refractivity contribution in [3.63, 3.8) is 0 Å². The first-order valence-electron chi connectivity index (χ1n) is 6.73. The van der Waals surface area contributed by atoms with E-state index in [1.54, 1.807) is 27.7 Å². The number of nitrogens with one attached hydrogen (secondary N) is 1. The fourth-order valence-electron chi connectivity index (χ4n) is 1.89. The molecule has 1 aromatic rings. The Kier molecular flexibility index (Phi) is 4.93. The Morgan fingerprint density at radius 2 is 1.70 bits per heavy atom. The molecule has 0 spiro atoms. The summed E-state index contributed by atoms with van der Waals surface area (Å²) in [7, 11) is 1.26. The lowest BCUT2D eigenvalue weighted by Crippen LogP contribution is -2.51. The highest BCUT2D eigenvalue weighted by molar-refractivity contribution is 5.79. The summed E-state index contributed by atoms with van der Waals surface area (Å²) in [5.41, 5.74) is -2.65. The summed E-state index contributed by atoms with van der Waals surface area (Å²) in [5.74, 6) is -0.487. The molecule has 0 unspecified atom stereocenters. The first kappa shape index (κ1) is 18.3. The molecular weight excluding hydrogens is 306 g/mol. The minimum atomic E-state index is -1.00. The average molecular weight is 325 g/mol. The van der Waals surface area contributed by atoms with E-state index in [1.165, 1.54) is 13.2 Å². The number of carbonyl (C=O) groups is 1. The zero-order chi connectivity index (χ0) is 18.0. The number of anilines is 1. The molecule has 126 valence electrons. The maximum atomic E-state index is 11.9. The maximum absolute atomic E-state index is 11.9. The van der Waals surface area contributed by atoms with Crippen molar-refractivity contribution in [3.05, 3.63) is 38.4 Å². The SMILES string of the molecule is COC(=O)C(C)(C)C(C)(C)Nc1ccc([N+](=O)[O-])cc1[N+](=O)[O-]. The van der Waals surface area contributed by atoms with Crippen LogP contribution in [0, 0.1) is 25.6 Å². The Morgan fingerprint density at radius 3 is 2.13 bits per heavy atom. The molecule has 0 heterocycles. The standard InChI is InChI=1S/C14H19N3O6/c1-13(2,12(18)23-5)14(3,4)15-10-7-6-9(16(19)20)8-11(10)17(21)22/h6-8,15H,1-5H3. The van der Waals surface area contributed by atoms with E-state index < -0.39 is 32.5 Å². The number of carbonyl (C=O) groups excluding carboxylic acids is 1. The molecule has 1 N–H and O–H groups in total. The summed E-state index contributed by atoms with van der Waals surface area (Å²) < 4.78 is 4.77. The highest BCUT2D eigenvalue weighted by Crippen LogP contribution is 2.38. The molecule has 0 amide bonds. The van der Waals surface area contributed by atoms with Gasteiger partial charge in [0, 0.05) is 11.6 Å². The molecular formula is C14H19N3O6. The number of esters is 1. The molecule has 0 atom stereocenters. The highest BCUT2D eigenvalue weighted by atomic mass is 16.6. The summed E-state index contributed by atoms with van der Waals surface area (Å²) in [4.78, 5) is 32.5. The Balaban J connectivity index is 3.29. The van der Waals surface area contributed by atoms with Crippen molar-refractivity contribution in [2.75, 3.05) is 12.4 Å². The number of rotatable bonds is 6. The van der Waals surface area contributed by atoms with Crippen LogP contribution >= 0.6 is 0 Å². The molecule has 1 rings (SSSR count). The van der Waals surface area contributed by atoms with E-state index in [-0.39, 0.29) is 11.4 Å². The number of hydrogen-bond donors (Lipinski definition) is 1. The van der Waals surface area contributed by atoms with Crippen LogP contribution in [0.5, 0.6) is 0 Å². The van der Waals surface area contributed by atoms with Crippen LogP contribution in [0.3, 0.4) is 0 Å². The average Bonchev–Trinajstić information content (AvgIpc) is 2.45. The number of methoxy groups -OCH3 is 1. The molecule has 0 saturated carbocycles. The number of nitro benzene ring substituents is 2. The first-order chi connectivity index (χ1) is 10.4. The summed E-state index contributed by atoms with van der Waals surface area (Å²) in [6, 6.07) is 3.30. The molecule has 0 aliphatic heterocycles. The third kappa shape index (κ3) is 3.55. The van der Waals surface area contributed by atoms with E-state index in [2.05, 4.69) is 5.32 Å². The van der Waals surface area contributed by atoms with Crippen LogP contribution in [0.2, 0.25) is 0 Å². The lowest BCUT2D eigenvalue weighted by molar-refractivity contribution is -0.393. The van der Waals surface area contributed by atoms with Gasteiger partial charge in [0.2, 0.25) is 0 Å². The second kappa shape index (κ2) is 6.19. The minimum Gasteiger partial charge on any atom is -0.469 e. The molecule has 0 aromatic heterocycles. The molecule has 1 aromatic carbocycles. The Hall–Kier alpha value is -2.71. The van der Waals surface area contributed by atoms with Crippen molar-refractivity contribution >= 4 is 23.0 Å². The van der Waals surface area contributed by atoms with E-state index in [1.807, 2.05) is 0 Å².